The molecule has 4 heteroatoms. The number of benzene rings is 8. The molecule has 228 valence electrons. The van der Waals surface area contributed by atoms with Crippen molar-refractivity contribution in [3.8, 4) is 45.3 Å². The molecule has 0 amide bonds. The van der Waals surface area contributed by atoms with E-state index in [1.807, 2.05) is 78.9 Å². The summed E-state index contributed by atoms with van der Waals surface area (Å²) in [6.07, 6.45) is 0. The van der Waals surface area contributed by atoms with Crippen molar-refractivity contribution in [1.29, 1.82) is 0 Å². The van der Waals surface area contributed by atoms with Crippen molar-refractivity contribution in [2.45, 2.75) is 0 Å². The summed E-state index contributed by atoms with van der Waals surface area (Å²) in [5.41, 5.74) is 6.33. The van der Waals surface area contributed by atoms with Crippen LogP contribution in [0.15, 0.2) is 168 Å². The molecule has 0 saturated carbocycles. The minimum Gasteiger partial charge on any atom is -0.455 e. The van der Waals surface area contributed by atoms with Crippen molar-refractivity contribution in [1.82, 2.24) is 15.0 Å². The topological polar surface area (TPSA) is 51.8 Å². The maximum absolute atomic E-state index is 6.71. The zero-order valence-corrected chi connectivity index (χ0v) is 26.3. The van der Waals surface area contributed by atoms with Crippen molar-refractivity contribution < 1.29 is 4.42 Å². The van der Waals surface area contributed by atoms with E-state index < -0.39 is 0 Å². The molecule has 0 saturated heterocycles. The Bertz CT molecular complexity index is 2780. The third-order valence-electron chi connectivity index (χ3n) is 9.53. The molecule has 8 aromatic carbocycles. The zero-order chi connectivity index (χ0) is 32.3. The highest BCUT2D eigenvalue weighted by Gasteiger charge is 2.22. The monoisotopic (exact) mass is 625 g/mol. The largest absolute Gasteiger partial charge is 0.455 e. The summed E-state index contributed by atoms with van der Waals surface area (Å²) in [6.45, 7) is 0. The fourth-order valence-electron chi connectivity index (χ4n) is 7.25. The van der Waals surface area contributed by atoms with Crippen LogP contribution in [0.3, 0.4) is 0 Å². The van der Waals surface area contributed by atoms with E-state index in [0.717, 1.165) is 49.8 Å². The number of hydrogen-bond acceptors (Lipinski definition) is 4. The molecule has 0 atom stereocenters. The molecule has 0 spiro atoms. The highest BCUT2D eigenvalue weighted by atomic mass is 16.3. The van der Waals surface area contributed by atoms with Gasteiger partial charge in [0.25, 0.3) is 0 Å². The Morgan fingerprint density at radius 2 is 0.796 bits per heavy atom. The van der Waals surface area contributed by atoms with Crippen LogP contribution in [-0.4, -0.2) is 15.0 Å². The molecular weight excluding hydrogens is 599 g/mol. The number of nitrogens with zero attached hydrogens (tertiary/aromatic N) is 3. The van der Waals surface area contributed by atoms with Crippen LogP contribution in [0, 0.1) is 0 Å². The summed E-state index contributed by atoms with van der Waals surface area (Å²) in [7, 11) is 0. The molecule has 2 heterocycles. The highest BCUT2D eigenvalue weighted by Crippen LogP contribution is 2.44. The minimum absolute atomic E-state index is 0.566. The number of rotatable bonds is 4. The van der Waals surface area contributed by atoms with Crippen molar-refractivity contribution in [2.75, 3.05) is 0 Å². The number of para-hydroxylation sites is 1. The van der Waals surface area contributed by atoms with Gasteiger partial charge in [0.2, 0.25) is 0 Å². The standard InChI is InChI=1S/C45H27N3O/c1-3-13-28(14-4-1)43-46-44(29-15-5-2-6-16-29)48-45(47-43)41-31(25-26-38-37-21-11-12-22-40(37)49-42(38)41)30-23-24-36-34-19-8-7-17-32(34)33-18-9-10-20-35(33)39(36)27-30/h1-27H. The molecular formula is C45H27N3O. The Balaban J connectivity index is 1.31. The van der Waals surface area contributed by atoms with Gasteiger partial charge in [-0.05, 0) is 61.6 Å². The van der Waals surface area contributed by atoms with Crippen LogP contribution in [0.5, 0.6) is 0 Å². The summed E-state index contributed by atoms with van der Waals surface area (Å²) in [6, 6.07) is 56.9. The fourth-order valence-corrected chi connectivity index (χ4v) is 7.25. The van der Waals surface area contributed by atoms with E-state index in [1.54, 1.807) is 0 Å². The highest BCUT2D eigenvalue weighted by molar-refractivity contribution is 6.26. The molecule has 0 bridgehead atoms. The van der Waals surface area contributed by atoms with Crippen LogP contribution in [0.4, 0.5) is 0 Å². The van der Waals surface area contributed by atoms with E-state index in [9.17, 15) is 0 Å². The maximum Gasteiger partial charge on any atom is 0.168 e. The lowest BCUT2D eigenvalue weighted by molar-refractivity contribution is 0.669. The van der Waals surface area contributed by atoms with E-state index in [1.165, 1.54) is 32.3 Å². The number of aromatic nitrogens is 3. The normalized spacial score (nSPS) is 11.7. The summed E-state index contributed by atoms with van der Waals surface area (Å²) in [5, 5.41) is 9.48. The first-order chi connectivity index (χ1) is 24.3. The third-order valence-corrected chi connectivity index (χ3v) is 9.53. The maximum atomic E-state index is 6.71. The average molecular weight is 626 g/mol. The number of fused-ring (bicyclic) bond motifs is 9. The molecule has 0 fully saturated rings. The second kappa shape index (κ2) is 11.0. The van der Waals surface area contributed by atoms with E-state index in [2.05, 4.69) is 84.9 Å². The number of furan rings is 1. The summed E-state index contributed by atoms with van der Waals surface area (Å²) >= 11 is 0. The zero-order valence-electron chi connectivity index (χ0n) is 26.3. The predicted octanol–water partition coefficient (Wildman–Crippen LogP) is 11.9. The van der Waals surface area contributed by atoms with Crippen LogP contribution in [-0.2, 0) is 0 Å². The van der Waals surface area contributed by atoms with E-state index in [4.69, 9.17) is 19.4 Å². The molecule has 0 aliphatic heterocycles. The molecule has 10 rings (SSSR count). The second-order valence-electron chi connectivity index (χ2n) is 12.4. The van der Waals surface area contributed by atoms with Crippen LogP contribution in [0.1, 0.15) is 0 Å². The molecule has 0 aliphatic carbocycles. The van der Waals surface area contributed by atoms with E-state index >= 15 is 0 Å². The van der Waals surface area contributed by atoms with Gasteiger partial charge in [0, 0.05) is 21.9 Å². The number of hydrogen-bond donors (Lipinski definition) is 0. The van der Waals surface area contributed by atoms with Crippen molar-refractivity contribution in [3.05, 3.63) is 164 Å². The molecule has 4 nitrogen and oxygen atoms in total. The van der Waals surface area contributed by atoms with Crippen LogP contribution in [0.2, 0.25) is 0 Å². The van der Waals surface area contributed by atoms with Gasteiger partial charge in [-0.15, -0.1) is 0 Å². The van der Waals surface area contributed by atoms with Gasteiger partial charge in [-0.25, -0.2) is 15.0 Å². The van der Waals surface area contributed by atoms with Crippen molar-refractivity contribution >= 4 is 54.3 Å². The van der Waals surface area contributed by atoms with Crippen LogP contribution < -0.4 is 0 Å². The molecule has 0 radical (unpaired) electrons. The molecule has 2 aromatic heterocycles. The first-order valence-corrected chi connectivity index (χ1v) is 16.5. The smallest absolute Gasteiger partial charge is 0.168 e. The Labute approximate surface area is 282 Å². The van der Waals surface area contributed by atoms with Gasteiger partial charge in [-0.3, -0.25) is 0 Å². The molecule has 0 aliphatic rings. The molecule has 49 heavy (non-hydrogen) atoms. The fraction of sp³-hybridized carbons (Fsp3) is 0. The van der Waals surface area contributed by atoms with Gasteiger partial charge >= 0.3 is 0 Å². The van der Waals surface area contributed by atoms with Gasteiger partial charge in [0.05, 0.1) is 5.56 Å². The molecule has 10 aromatic rings. The minimum atomic E-state index is 0.566. The Hall–Kier alpha value is -6.65. The van der Waals surface area contributed by atoms with Gasteiger partial charge in [0.15, 0.2) is 17.5 Å². The average Bonchev–Trinajstić information content (AvgIpc) is 3.57. The lowest BCUT2D eigenvalue weighted by atomic mass is 9.90. The predicted molar refractivity (Wildman–Crippen MR) is 201 cm³/mol. The molecule has 0 unspecified atom stereocenters. The van der Waals surface area contributed by atoms with Crippen LogP contribution >= 0.6 is 0 Å². The van der Waals surface area contributed by atoms with Crippen molar-refractivity contribution in [3.63, 3.8) is 0 Å². The lowest BCUT2D eigenvalue weighted by Crippen LogP contribution is -2.01. The quantitative estimate of drug-likeness (QED) is 0.183. The summed E-state index contributed by atoms with van der Waals surface area (Å²) < 4.78 is 6.71. The van der Waals surface area contributed by atoms with E-state index in [-0.39, 0.29) is 0 Å². The summed E-state index contributed by atoms with van der Waals surface area (Å²) in [5.74, 6) is 1.79. The van der Waals surface area contributed by atoms with Crippen molar-refractivity contribution in [2.24, 2.45) is 0 Å². The first kappa shape index (κ1) is 27.5. The van der Waals surface area contributed by atoms with E-state index in [0.29, 0.717) is 17.5 Å². The third kappa shape index (κ3) is 4.42. The van der Waals surface area contributed by atoms with Gasteiger partial charge in [-0.2, -0.15) is 0 Å². The van der Waals surface area contributed by atoms with Crippen LogP contribution in [0.25, 0.3) is 99.5 Å². The Morgan fingerprint density at radius 1 is 0.327 bits per heavy atom. The van der Waals surface area contributed by atoms with Gasteiger partial charge < -0.3 is 4.42 Å². The Morgan fingerprint density at radius 3 is 1.41 bits per heavy atom. The summed E-state index contributed by atoms with van der Waals surface area (Å²) in [4.78, 5) is 15.3. The molecule has 0 N–H and O–H groups in total. The second-order valence-corrected chi connectivity index (χ2v) is 12.4. The first-order valence-electron chi connectivity index (χ1n) is 16.5. The van der Waals surface area contributed by atoms with Gasteiger partial charge in [-0.1, -0.05) is 146 Å². The lowest BCUT2D eigenvalue weighted by Gasteiger charge is -2.15. The van der Waals surface area contributed by atoms with Gasteiger partial charge in [0.1, 0.15) is 11.2 Å². The SMILES string of the molecule is c1ccc(-c2nc(-c3ccccc3)nc(-c3c(-c4ccc5c6ccccc6c6ccccc6c5c4)ccc4c3oc3ccccc34)n2)cc1. The Kier molecular flexibility index (Phi) is 6.15.